The molecule has 0 unspecified atom stereocenters. The SMILES string of the molecule is C=CCOc1c(Cl)cc(/C=N\NC(=O)c2ccc(C)c(Cl)c2)cc1OC. The first kappa shape index (κ1) is 19.8. The lowest BCUT2D eigenvalue weighted by Crippen LogP contribution is -2.17. The van der Waals surface area contributed by atoms with Gasteiger partial charge in [0.15, 0.2) is 11.5 Å². The van der Waals surface area contributed by atoms with E-state index in [1.807, 2.05) is 6.92 Å². The normalized spacial score (nSPS) is 10.6. The quantitative estimate of drug-likeness (QED) is 0.424. The first-order chi connectivity index (χ1) is 12.5. The van der Waals surface area contributed by atoms with E-state index < -0.39 is 0 Å². The molecule has 2 aromatic carbocycles. The topological polar surface area (TPSA) is 59.9 Å². The molecule has 0 aliphatic rings. The molecule has 0 aliphatic heterocycles. The maximum absolute atomic E-state index is 12.1. The van der Waals surface area contributed by atoms with Gasteiger partial charge in [-0.3, -0.25) is 4.79 Å². The average molecular weight is 393 g/mol. The molecule has 0 fully saturated rings. The highest BCUT2D eigenvalue weighted by molar-refractivity contribution is 6.32. The van der Waals surface area contributed by atoms with Crippen molar-refractivity contribution in [3.05, 3.63) is 69.7 Å². The first-order valence-electron chi connectivity index (χ1n) is 7.67. The van der Waals surface area contributed by atoms with Crippen molar-refractivity contribution in [3.8, 4) is 11.5 Å². The number of nitrogens with zero attached hydrogens (tertiary/aromatic N) is 1. The second-order valence-electron chi connectivity index (χ2n) is 5.30. The number of nitrogens with one attached hydrogen (secondary N) is 1. The van der Waals surface area contributed by atoms with E-state index in [1.165, 1.54) is 13.3 Å². The second kappa shape index (κ2) is 9.27. The Morgan fingerprint density at radius 2 is 2.04 bits per heavy atom. The molecule has 136 valence electrons. The molecule has 0 spiro atoms. The molecule has 26 heavy (non-hydrogen) atoms. The van der Waals surface area contributed by atoms with E-state index in [1.54, 1.807) is 36.4 Å². The summed E-state index contributed by atoms with van der Waals surface area (Å²) in [6, 6.07) is 8.39. The van der Waals surface area contributed by atoms with Gasteiger partial charge in [-0.25, -0.2) is 5.43 Å². The number of halogens is 2. The van der Waals surface area contributed by atoms with E-state index in [-0.39, 0.29) is 5.91 Å². The zero-order valence-electron chi connectivity index (χ0n) is 14.4. The lowest BCUT2D eigenvalue weighted by atomic mass is 10.1. The van der Waals surface area contributed by atoms with Gasteiger partial charge in [0.25, 0.3) is 5.91 Å². The summed E-state index contributed by atoms with van der Waals surface area (Å²) in [7, 11) is 1.51. The van der Waals surface area contributed by atoms with Crippen LogP contribution >= 0.6 is 23.2 Å². The van der Waals surface area contributed by atoms with E-state index in [0.29, 0.717) is 39.3 Å². The summed E-state index contributed by atoms with van der Waals surface area (Å²) in [5.74, 6) is 0.508. The van der Waals surface area contributed by atoms with Gasteiger partial charge in [0.1, 0.15) is 6.61 Å². The van der Waals surface area contributed by atoms with Gasteiger partial charge >= 0.3 is 0 Å². The number of amides is 1. The van der Waals surface area contributed by atoms with Gasteiger partial charge in [0.2, 0.25) is 0 Å². The fourth-order valence-electron chi connectivity index (χ4n) is 2.06. The number of methoxy groups -OCH3 is 1. The number of carbonyl (C=O) groups excluding carboxylic acids is 1. The Balaban J connectivity index is 2.12. The maximum Gasteiger partial charge on any atom is 0.271 e. The molecule has 5 nitrogen and oxygen atoms in total. The lowest BCUT2D eigenvalue weighted by molar-refractivity contribution is 0.0955. The minimum Gasteiger partial charge on any atom is -0.493 e. The van der Waals surface area contributed by atoms with Crippen LogP contribution in [-0.4, -0.2) is 25.8 Å². The van der Waals surface area contributed by atoms with E-state index in [4.69, 9.17) is 32.7 Å². The third kappa shape index (κ3) is 5.00. The number of hydrazone groups is 1. The second-order valence-corrected chi connectivity index (χ2v) is 6.11. The molecule has 0 bridgehead atoms. The summed E-state index contributed by atoms with van der Waals surface area (Å²) < 4.78 is 10.8. The van der Waals surface area contributed by atoms with Gasteiger partial charge < -0.3 is 9.47 Å². The summed E-state index contributed by atoms with van der Waals surface area (Å²) >= 11 is 12.2. The van der Waals surface area contributed by atoms with Crippen LogP contribution in [-0.2, 0) is 0 Å². The minimum atomic E-state index is -0.368. The van der Waals surface area contributed by atoms with Crippen molar-refractivity contribution < 1.29 is 14.3 Å². The molecule has 0 heterocycles. The molecule has 0 saturated heterocycles. The number of hydrogen-bond donors (Lipinski definition) is 1. The zero-order valence-corrected chi connectivity index (χ0v) is 15.9. The number of hydrogen-bond acceptors (Lipinski definition) is 4. The fraction of sp³-hybridized carbons (Fsp3) is 0.158. The van der Waals surface area contributed by atoms with Crippen LogP contribution in [0.25, 0.3) is 0 Å². The van der Waals surface area contributed by atoms with Crippen LogP contribution in [0, 0.1) is 6.92 Å². The predicted molar refractivity (Wildman–Crippen MR) is 105 cm³/mol. The van der Waals surface area contributed by atoms with Gasteiger partial charge in [-0.05, 0) is 42.3 Å². The van der Waals surface area contributed by atoms with Crippen LogP contribution < -0.4 is 14.9 Å². The standard InChI is InChI=1S/C19H18Cl2N2O3/c1-4-7-26-18-16(21)8-13(9-17(18)25-3)11-22-23-19(24)14-6-5-12(2)15(20)10-14/h4-6,8-11H,1,7H2,2-3H3,(H,23,24)/b22-11-. The third-order valence-electron chi connectivity index (χ3n) is 3.41. The van der Waals surface area contributed by atoms with Gasteiger partial charge in [-0.1, -0.05) is 41.9 Å². The smallest absolute Gasteiger partial charge is 0.271 e. The highest BCUT2D eigenvalue weighted by Crippen LogP contribution is 2.36. The van der Waals surface area contributed by atoms with Crippen molar-refractivity contribution in [2.45, 2.75) is 6.92 Å². The molecule has 1 N–H and O–H groups in total. The van der Waals surface area contributed by atoms with Crippen LogP contribution in [0.15, 0.2) is 48.1 Å². The summed E-state index contributed by atoms with van der Waals surface area (Å²) in [5.41, 5.74) is 4.40. The Morgan fingerprint density at radius 3 is 2.69 bits per heavy atom. The summed E-state index contributed by atoms with van der Waals surface area (Å²) in [6.45, 7) is 5.76. The minimum absolute atomic E-state index is 0.304. The van der Waals surface area contributed by atoms with Gasteiger partial charge in [-0.15, -0.1) is 0 Å². The van der Waals surface area contributed by atoms with Gasteiger partial charge in [-0.2, -0.15) is 5.10 Å². The Kier molecular flexibility index (Phi) is 7.06. The molecular weight excluding hydrogens is 375 g/mol. The lowest BCUT2D eigenvalue weighted by Gasteiger charge is -2.11. The molecular formula is C19H18Cl2N2O3. The van der Waals surface area contributed by atoms with Crippen molar-refractivity contribution in [1.82, 2.24) is 5.43 Å². The van der Waals surface area contributed by atoms with Crippen LogP contribution in [0.1, 0.15) is 21.5 Å². The van der Waals surface area contributed by atoms with E-state index >= 15 is 0 Å². The molecule has 0 aromatic heterocycles. The van der Waals surface area contributed by atoms with Crippen molar-refractivity contribution >= 4 is 35.3 Å². The largest absolute Gasteiger partial charge is 0.493 e. The van der Waals surface area contributed by atoms with E-state index in [2.05, 4.69) is 17.1 Å². The Labute approximate surface area is 162 Å². The van der Waals surface area contributed by atoms with Crippen LogP contribution in [0.3, 0.4) is 0 Å². The highest BCUT2D eigenvalue weighted by atomic mass is 35.5. The Hall–Kier alpha value is -2.50. The first-order valence-corrected chi connectivity index (χ1v) is 8.42. The average Bonchev–Trinajstić information content (AvgIpc) is 2.62. The highest BCUT2D eigenvalue weighted by Gasteiger charge is 2.11. The number of rotatable bonds is 7. The van der Waals surface area contributed by atoms with Crippen LogP contribution in [0.2, 0.25) is 10.0 Å². The molecule has 0 saturated carbocycles. The number of benzene rings is 2. The van der Waals surface area contributed by atoms with Crippen LogP contribution in [0.5, 0.6) is 11.5 Å². The summed E-state index contributed by atoms with van der Waals surface area (Å²) in [6.07, 6.45) is 3.07. The molecule has 0 atom stereocenters. The fourth-order valence-corrected chi connectivity index (χ4v) is 2.51. The summed E-state index contributed by atoms with van der Waals surface area (Å²) in [4.78, 5) is 12.1. The third-order valence-corrected chi connectivity index (χ3v) is 4.10. The van der Waals surface area contributed by atoms with Crippen molar-refractivity contribution in [2.75, 3.05) is 13.7 Å². The monoisotopic (exact) mass is 392 g/mol. The van der Waals surface area contributed by atoms with Crippen molar-refractivity contribution in [2.24, 2.45) is 5.10 Å². The van der Waals surface area contributed by atoms with Crippen molar-refractivity contribution in [3.63, 3.8) is 0 Å². The summed E-state index contributed by atoms with van der Waals surface area (Å²) in [5, 5.41) is 4.83. The van der Waals surface area contributed by atoms with Crippen molar-refractivity contribution in [1.29, 1.82) is 0 Å². The molecule has 7 heteroatoms. The maximum atomic E-state index is 12.1. The molecule has 0 aliphatic carbocycles. The van der Waals surface area contributed by atoms with Crippen LogP contribution in [0.4, 0.5) is 0 Å². The van der Waals surface area contributed by atoms with E-state index in [0.717, 1.165) is 5.56 Å². The number of ether oxygens (including phenoxy) is 2. The Bertz CT molecular complexity index is 851. The Morgan fingerprint density at radius 1 is 1.27 bits per heavy atom. The molecule has 0 radical (unpaired) electrons. The molecule has 2 aromatic rings. The van der Waals surface area contributed by atoms with Gasteiger partial charge in [0.05, 0.1) is 18.3 Å². The number of carbonyl (C=O) groups is 1. The predicted octanol–water partition coefficient (Wildman–Crippen LogP) is 4.64. The molecule has 2 rings (SSSR count). The molecule has 1 amide bonds. The number of aryl methyl sites for hydroxylation is 1. The zero-order chi connectivity index (χ0) is 19.1. The van der Waals surface area contributed by atoms with E-state index in [9.17, 15) is 4.79 Å². The van der Waals surface area contributed by atoms with Gasteiger partial charge in [0, 0.05) is 10.6 Å².